The maximum Gasteiger partial charge on any atom is 0.251 e. The molecule has 0 spiro atoms. The molecule has 4 heteroatoms. The van der Waals surface area contributed by atoms with Gasteiger partial charge in [0.1, 0.15) is 5.75 Å². The molecule has 1 rings (SSSR count). The molecule has 0 saturated carbocycles. The fraction of sp³-hybridized carbons (Fsp3) is 0.562. The van der Waals surface area contributed by atoms with E-state index in [0.29, 0.717) is 18.8 Å². The molecule has 0 atom stereocenters. The van der Waals surface area contributed by atoms with Crippen LogP contribution in [0.1, 0.15) is 49.0 Å². The van der Waals surface area contributed by atoms with Crippen molar-refractivity contribution >= 4 is 5.91 Å². The monoisotopic (exact) mass is 279 g/mol. The van der Waals surface area contributed by atoms with Gasteiger partial charge in [0.15, 0.2) is 0 Å². The number of ether oxygens (including phenoxy) is 2. The van der Waals surface area contributed by atoms with Gasteiger partial charge in [-0.25, -0.2) is 0 Å². The second-order valence-corrected chi connectivity index (χ2v) is 4.63. The van der Waals surface area contributed by atoms with Crippen molar-refractivity contribution < 1.29 is 14.3 Å². The SMILES string of the molecule is CCCCCNC(=O)c1ccc(OC)c(COCC)c1. The summed E-state index contributed by atoms with van der Waals surface area (Å²) in [6, 6.07) is 5.43. The summed E-state index contributed by atoms with van der Waals surface area (Å²) in [7, 11) is 1.62. The number of rotatable bonds is 9. The second-order valence-electron chi connectivity index (χ2n) is 4.63. The zero-order chi connectivity index (χ0) is 14.8. The van der Waals surface area contributed by atoms with Crippen molar-refractivity contribution in [2.75, 3.05) is 20.3 Å². The highest BCUT2D eigenvalue weighted by molar-refractivity contribution is 5.94. The van der Waals surface area contributed by atoms with Gasteiger partial charge in [-0.2, -0.15) is 0 Å². The number of methoxy groups -OCH3 is 1. The van der Waals surface area contributed by atoms with Crippen molar-refractivity contribution in [3.8, 4) is 5.75 Å². The number of carbonyl (C=O) groups is 1. The van der Waals surface area contributed by atoms with Crippen LogP contribution in [0.25, 0.3) is 0 Å². The summed E-state index contributed by atoms with van der Waals surface area (Å²) in [6.45, 7) is 5.90. The van der Waals surface area contributed by atoms with E-state index in [1.165, 1.54) is 0 Å². The molecule has 20 heavy (non-hydrogen) atoms. The average molecular weight is 279 g/mol. The third-order valence-electron chi connectivity index (χ3n) is 3.07. The Morgan fingerprint density at radius 3 is 2.70 bits per heavy atom. The quantitative estimate of drug-likeness (QED) is 0.706. The number of unbranched alkanes of at least 4 members (excludes halogenated alkanes) is 2. The summed E-state index contributed by atoms with van der Waals surface area (Å²) >= 11 is 0. The van der Waals surface area contributed by atoms with Crippen LogP contribution < -0.4 is 10.1 Å². The van der Waals surface area contributed by atoms with Crippen LogP contribution >= 0.6 is 0 Å². The molecule has 1 aromatic rings. The molecule has 0 aliphatic heterocycles. The highest BCUT2D eigenvalue weighted by Gasteiger charge is 2.10. The van der Waals surface area contributed by atoms with E-state index in [2.05, 4.69) is 12.2 Å². The summed E-state index contributed by atoms with van der Waals surface area (Å²) < 4.78 is 10.7. The van der Waals surface area contributed by atoms with Gasteiger partial charge in [-0.1, -0.05) is 19.8 Å². The van der Waals surface area contributed by atoms with Crippen LogP contribution in [0, 0.1) is 0 Å². The van der Waals surface area contributed by atoms with Gasteiger partial charge in [-0.15, -0.1) is 0 Å². The minimum atomic E-state index is -0.0403. The molecular formula is C16H25NO3. The lowest BCUT2D eigenvalue weighted by Gasteiger charge is -2.11. The van der Waals surface area contributed by atoms with Crippen LogP contribution in [-0.2, 0) is 11.3 Å². The lowest BCUT2D eigenvalue weighted by molar-refractivity contribution is 0.0952. The topological polar surface area (TPSA) is 47.6 Å². The van der Waals surface area contributed by atoms with Gasteiger partial charge in [0.05, 0.1) is 13.7 Å². The highest BCUT2D eigenvalue weighted by atomic mass is 16.5. The number of hydrogen-bond acceptors (Lipinski definition) is 3. The summed E-state index contributed by atoms with van der Waals surface area (Å²) in [5.74, 6) is 0.711. The molecule has 0 aliphatic carbocycles. The molecule has 0 aliphatic rings. The van der Waals surface area contributed by atoms with E-state index in [-0.39, 0.29) is 5.91 Å². The van der Waals surface area contributed by atoms with Crippen molar-refractivity contribution in [1.29, 1.82) is 0 Å². The third-order valence-corrected chi connectivity index (χ3v) is 3.07. The van der Waals surface area contributed by atoms with Gasteiger partial charge < -0.3 is 14.8 Å². The van der Waals surface area contributed by atoms with Gasteiger partial charge in [0.2, 0.25) is 0 Å². The molecule has 0 bridgehead atoms. The Balaban J connectivity index is 2.67. The van der Waals surface area contributed by atoms with Crippen LogP contribution in [0.3, 0.4) is 0 Å². The lowest BCUT2D eigenvalue weighted by Crippen LogP contribution is -2.24. The number of nitrogens with one attached hydrogen (secondary N) is 1. The van der Waals surface area contributed by atoms with Crippen molar-refractivity contribution in [3.05, 3.63) is 29.3 Å². The van der Waals surface area contributed by atoms with Gasteiger partial charge in [0, 0.05) is 24.3 Å². The molecule has 112 valence electrons. The Hall–Kier alpha value is -1.55. The smallest absolute Gasteiger partial charge is 0.251 e. The first-order chi connectivity index (χ1) is 9.72. The van der Waals surface area contributed by atoms with E-state index in [9.17, 15) is 4.79 Å². The number of carbonyl (C=O) groups excluding carboxylic acids is 1. The second kappa shape index (κ2) is 9.37. The molecule has 0 heterocycles. The Kier molecular flexibility index (Phi) is 7.73. The molecule has 1 amide bonds. The standard InChI is InChI=1S/C16H25NO3/c1-4-6-7-10-17-16(18)13-8-9-15(19-3)14(11-13)12-20-5-2/h8-9,11H,4-7,10,12H2,1-3H3,(H,17,18). The van der Waals surface area contributed by atoms with Crippen molar-refractivity contribution in [2.45, 2.75) is 39.7 Å². The number of amides is 1. The van der Waals surface area contributed by atoms with Crippen LogP contribution in [0.15, 0.2) is 18.2 Å². The first-order valence-corrected chi connectivity index (χ1v) is 7.25. The predicted molar refractivity (Wildman–Crippen MR) is 80.2 cm³/mol. The summed E-state index contributed by atoms with van der Waals surface area (Å²) in [6.07, 6.45) is 3.31. The Labute approximate surface area is 121 Å². The summed E-state index contributed by atoms with van der Waals surface area (Å²) in [5.41, 5.74) is 1.55. The predicted octanol–water partition coefficient (Wildman–Crippen LogP) is 3.15. The highest BCUT2D eigenvalue weighted by Crippen LogP contribution is 2.20. The van der Waals surface area contributed by atoms with E-state index in [1.54, 1.807) is 13.2 Å². The number of hydrogen-bond donors (Lipinski definition) is 1. The summed E-state index contributed by atoms with van der Waals surface area (Å²) in [4.78, 5) is 12.0. The van der Waals surface area contributed by atoms with Crippen molar-refractivity contribution in [3.63, 3.8) is 0 Å². The van der Waals surface area contributed by atoms with Crippen LogP contribution in [0.4, 0.5) is 0 Å². The Morgan fingerprint density at radius 1 is 1.25 bits per heavy atom. The zero-order valence-electron chi connectivity index (χ0n) is 12.7. The molecule has 0 aromatic heterocycles. The van der Waals surface area contributed by atoms with Gasteiger partial charge in [-0.05, 0) is 31.5 Å². The largest absolute Gasteiger partial charge is 0.496 e. The third kappa shape index (κ3) is 5.21. The fourth-order valence-electron chi connectivity index (χ4n) is 1.92. The van der Waals surface area contributed by atoms with E-state index >= 15 is 0 Å². The normalized spacial score (nSPS) is 10.3. The van der Waals surface area contributed by atoms with Gasteiger partial charge >= 0.3 is 0 Å². The molecule has 0 fully saturated rings. The van der Waals surface area contributed by atoms with Gasteiger partial charge in [0.25, 0.3) is 5.91 Å². The van der Waals surface area contributed by atoms with Crippen LogP contribution in [0.5, 0.6) is 5.75 Å². The molecule has 0 saturated heterocycles. The van der Waals surface area contributed by atoms with Gasteiger partial charge in [-0.3, -0.25) is 4.79 Å². The minimum Gasteiger partial charge on any atom is -0.496 e. The first kappa shape index (κ1) is 16.5. The van der Waals surface area contributed by atoms with E-state index in [4.69, 9.17) is 9.47 Å². The summed E-state index contributed by atoms with van der Waals surface area (Å²) in [5, 5.41) is 2.93. The van der Waals surface area contributed by atoms with E-state index in [0.717, 1.165) is 37.1 Å². The Morgan fingerprint density at radius 2 is 2.05 bits per heavy atom. The zero-order valence-corrected chi connectivity index (χ0v) is 12.7. The maximum atomic E-state index is 12.0. The maximum absolute atomic E-state index is 12.0. The molecule has 0 unspecified atom stereocenters. The molecular weight excluding hydrogens is 254 g/mol. The number of benzene rings is 1. The molecule has 4 nitrogen and oxygen atoms in total. The first-order valence-electron chi connectivity index (χ1n) is 7.25. The minimum absolute atomic E-state index is 0.0403. The van der Waals surface area contributed by atoms with E-state index in [1.807, 2.05) is 19.1 Å². The molecule has 0 radical (unpaired) electrons. The molecule has 1 N–H and O–H groups in total. The Bertz CT molecular complexity index is 418. The average Bonchev–Trinajstić information content (AvgIpc) is 2.49. The lowest BCUT2D eigenvalue weighted by atomic mass is 10.1. The van der Waals surface area contributed by atoms with Crippen LogP contribution in [-0.4, -0.2) is 26.2 Å². The van der Waals surface area contributed by atoms with E-state index < -0.39 is 0 Å². The molecule has 1 aromatic carbocycles. The van der Waals surface area contributed by atoms with Crippen LogP contribution in [0.2, 0.25) is 0 Å². The van der Waals surface area contributed by atoms with Crippen molar-refractivity contribution in [2.24, 2.45) is 0 Å². The van der Waals surface area contributed by atoms with Crippen molar-refractivity contribution in [1.82, 2.24) is 5.32 Å². The fourth-order valence-corrected chi connectivity index (χ4v) is 1.92.